The van der Waals surface area contributed by atoms with Crippen LogP contribution in [0.2, 0.25) is 0 Å². The molecule has 1 unspecified atom stereocenters. The Morgan fingerprint density at radius 2 is 1.67 bits per heavy atom. The molecule has 1 atom stereocenters. The molecule has 5 nitrogen and oxygen atoms in total. The molecule has 0 heterocycles. The van der Waals surface area contributed by atoms with Crippen LogP contribution in [-0.4, -0.2) is 30.7 Å². The maximum Gasteiger partial charge on any atom is 0.375 e. The smallest absolute Gasteiger partial charge is 0.375 e. The van der Waals surface area contributed by atoms with Crippen molar-refractivity contribution in [2.45, 2.75) is 46.5 Å². The first-order chi connectivity index (χ1) is 11.5. The van der Waals surface area contributed by atoms with Crippen LogP contribution >= 0.6 is 0 Å². The normalized spacial score (nSPS) is 11.6. The summed E-state index contributed by atoms with van der Waals surface area (Å²) in [4.78, 5) is 35.5. The minimum absolute atomic E-state index is 0.107. The lowest BCUT2D eigenvalue weighted by atomic mass is 9.95. The third-order valence-corrected chi connectivity index (χ3v) is 3.67. The summed E-state index contributed by atoms with van der Waals surface area (Å²) in [5.41, 5.74) is 0.374. The van der Waals surface area contributed by atoms with Gasteiger partial charge in [-0.3, -0.25) is 9.59 Å². The van der Waals surface area contributed by atoms with Crippen molar-refractivity contribution in [3.8, 4) is 5.75 Å². The standard InChI is InChI=1S/C19H26O5/c1-4-6-7-8-13-24-16-11-9-15(10-12-16)17(20)14(3)18(21)19(22)23-5-2/h9-12,14H,4-8,13H2,1-3H3. The van der Waals surface area contributed by atoms with Crippen molar-refractivity contribution < 1.29 is 23.9 Å². The van der Waals surface area contributed by atoms with E-state index in [0.717, 1.165) is 12.8 Å². The van der Waals surface area contributed by atoms with E-state index in [-0.39, 0.29) is 6.61 Å². The molecular formula is C19H26O5. The second kappa shape index (κ2) is 10.6. The van der Waals surface area contributed by atoms with E-state index in [4.69, 9.17) is 4.74 Å². The van der Waals surface area contributed by atoms with Gasteiger partial charge in [0, 0.05) is 5.56 Å². The number of hydrogen-bond donors (Lipinski definition) is 0. The number of carbonyl (C=O) groups excluding carboxylic acids is 3. The van der Waals surface area contributed by atoms with E-state index in [1.807, 2.05) is 0 Å². The fourth-order valence-corrected chi connectivity index (χ4v) is 2.18. The zero-order chi connectivity index (χ0) is 17.9. The molecule has 0 amide bonds. The summed E-state index contributed by atoms with van der Waals surface area (Å²) in [7, 11) is 0. The fraction of sp³-hybridized carbons (Fsp3) is 0.526. The second-order valence-electron chi connectivity index (χ2n) is 5.60. The Bertz CT molecular complexity index is 547. The van der Waals surface area contributed by atoms with Crippen molar-refractivity contribution in [3.63, 3.8) is 0 Å². The van der Waals surface area contributed by atoms with Crippen LogP contribution in [0.1, 0.15) is 56.8 Å². The fourth-order valence-electron chi connectivity index (χ4n) is 2.18. The summed E-state index contributed by atoms with van der Waals surface area (Å²) in [6.07, 6.45) is 4.52. The molecule has 132 valence electrons. The Morgan fingerprint density at radius 1 is 1.00 bits per heavy atom. The third-order valence-electron chi connectivity index (χ3n) is 3.67. The third kappa shape index (κ3) is 6.14. The van der Waals surface area contributed by atoms with Gasteiger partial charge in [0.05, 0.1) is 19.1 Å². The molecule has 0 N–H and O–H groups in total. The van der Waals surface area contributed by atoms with Gasteiger partial charge >= 0.3 is 5.97 Å². The van der Waals surface area contributed by atoms with Gasteiger partial charge < -0.3 is 9.47 Å². The van der Waals surface area contributed by atoms with Crippen LogP contribution in [0.25, 0.3) is 0 Å². The van der Waals surface area contributed by atoms with Gasteiger partial charge in [-0.2, -0.15) is 0 Å². The molecule has 0 fully saturated rings. The molecule has 24 heavy (non-hydrogen) atoms. The number of hydrogen-bond acceptors (Lipinski definition) is 5. The van der Waals surface area contributed by atoms with E-state index in [9.17, 15) is 14.4 Å². The SMILES string of the molecule is CCCCCCOc1ccc(C(=O)C(C)C(=O)C(=O)OCC)cc1. The topological polar surface area (TPSA) is 69.7 Å². The molecule has 5 heteroatoms. The summed E-state index contributed by atoms with van der Waals surface area (Å²) in [5, 5.41) is 0. The van der Waals surface area contributed by atoms with Crippen LogP contribution in [0.4, 0.5) is 0 Å². The zero-order valence-corrected chi connectivity index (χ0v) is 14.7. The molecule has 0 radical (unpaired) electrons. The molecule has 0 aliphatic rings. The highest BCUT2D eigenvalue weighted by molar-refractivity contribution is 6.39. The lowest BCUT2D eigenvalue weighted by Gasteiger charge is -2.10. The molecule has 0 spiro atoms. The largest absolute Gasteiger partial charge is 0.494 e. The highest BCUT2D eigenvalue weighted by Crippen LogP contribution is 2.16. The van der Waals surface area contributed by atoms with Crippen molar-refractivity contribution in [1.82, 2.24) is 0 Å². The number of unbranched alkanes of at least 4 members (excludes halogenated alkanes) is 3. The number of benzene rings is 1. The number of ketones is 2. The van der Waals surface area contributed by atoms with Gasteiger partial charge in [-0.15, -0.1) is 0 Å². The number of carbonyl (C=O) groups is 3. The highest BCUT2D eigenvalue weighted by atomic mass is 16.5. The van der Waals surface area contributed by atoms with Crippen LogP contribution in [0.15, 0.2) is 24.3 Å². The predicted molar refractivity (Wildman–Crippen MR) is 91.2 cm³/mol. The minimum Gasteiger partial charge on any atom is -0.494 e. The Balaban J connectivity index is 2.56. The van der Waals surface area contributed by atoms with Crippen LogP contribution in [-0.2, 0) is 14.3 Å². The summed E-state index contributed by atoms with van der Waals surface area (Å²) in [6.45, 7) is 5.93. The first kappa shape index (κ1) is 19.9. The van der Waals surface area contributed by atoms with Crippen LogP contribution in [0, 0.1) is 5.92 Å². The average molecular weight is 334 g/mol. The second-order valence-corrected chi connectivity index (χ2v) is 5.60. The maximum absolute atomic E-state index is 12.3. The van der Waals surface area contributed by atoms with E-state index in [2.05, 4.69) is 11.7 Å². The molecule has 1 rings (SSSR count). The van der Waals surface area contributed by atoms with Gasteiger partial charge in [0.25, 0.3) is 5.78 Å². The molecule has 0 aliphatic heterocycles. The molecule has 0 saturated heterocycles. The van der Waals surface area contributed by atoms with E-state index >= 15 is 0 Å². The van der Waals surface area contributed by atoms with E-state index in [1.165, 1.54) is 19.8 Å². The summed E-state index contributed by atoms with van der Waals surface area (Å²) in [6, 6.07) is 6.63. The number of rotatable bonds is 11. The van der Waals surface area contributed by atoms with Crippen LogP contribution < -0.4 is 4.74 Å². The van der Waals surface area contributed by atoms with Crippen molar-refractivity contribution in [1.29, 1.82) is 0 Å². The van der Waals surface area contributed by atoms with Gasteiger partial charge in [-0.05, 0) is 44.5 Å². The Hall–Kier alpha value is -2.17. The molecule has 0 saturated carbocycles. The van der Waals surface area contributed by atoms with Gasteiger partial charge in [0.2, 0.25) is 0 Å². The zero-order valence-electron chi connectivity index (χ0n) is 14.7. The molecule has 0 bridgehead atoms. The Morgan fingerprint density at radius 3 is 2.25 bits per heavy atom. The number of ether oxygens (including phenoxy) is 2. The van der Waals surface area contributed by atoms with Crippen molar-refractivity contribution in [3.05, 3.63) is 29.8 Å². The molecule has 0 aromatic heterocycles. The lowest BCUT2D eigenvalue weighted by Crippen LogP contribution is -2.29. The van der Waals surface area contributed by atoms with Crippen molar-refractivity contribution in [2.75, 3.05) is 13.2 Å². The Labute approximate surface area is 143 Å². The van der Waals surface area contributed by atoms with E-state index < -0.39 is 23.5 Å². The number of esters is 1. The van der Waals surface area contributed by atoms with Gasteiger partial charge in [-0.1, -0.05) is 26.2 Å². The number of Topliss-reactive ketones (excluding diaryl/α,β-unsaturated/α-hetero) is 2. The molecule has 1 aromatic rings. The summed E-state index contributed by atoms with van der Waals surface area (Å²) >= 11 is 0. The van der Waals surface area contributed by atoms with Crippen LogP contribution in [0.3, 0.4) is 0 Å². The average Bonchev–Trinajstić information content (AvgIpc) is 2.60. The summed E-state index contributed by atoms with van der Waals surface area (Å²) < 4.78 is 10.3. The lowest BCUT2D eigenvalue weighted by molar-refractivity contribution is -0.154. The quantitative estimate of drug-likeness (QED) is 0.203. The Kier molecular flexibility index (Phi) is 8.76. The van der Waals surface area contributed by atoms with Gasteiger partial charge in [0.1, 0.15) is 5.75 Å². The maximum atomic E-state index is 12.3. The summed E-state index contributed by atoms with van der Waals surface area (Å²) in [5.74, 6) is -2.55. The van der Waals surface area contributed by atoms with Gasteiger partial charge in [0.15, 0.2) is 5.78 Å². The van der Waals surface area contributed by atoms with E-state index in [0.29, 0.717) is 17.9 Å². The predicted octanol–water partition coefficient (Wildman–Crippen LogP) is 3.60. The first-order valence-corrected chi connectivity index (χ1v) is 8.49. The molecular weight excluding hydrogens is 308 g/mol. The molecule has 0 aliphatic carbocycles. The van der Waals surface area contributed by atoms with Gasteiger partial charge in [-0.25, -0.2) is 4.79 Å². The first-order valence-electron chi connectivity index (χ1n) is 8.49. The monoisotopic (exact) mass is 334 g/mol. The molecule has 1 aromatic carbocycles. The highest BCUT2D eigenvalue weighted by Gasteiger charge is 2.29. The minimum atomic E-state index is -1.05. The van der Waals surface area contributed by atoms with Crippen LogP contribution in [0.5, 0.6) is 5.75 Å². The van der Waals surface area contributed by atoms with Crippen molar-refractivity contribution >= 4 is 17.5 Å². The van der Waals surface area contributed by atoms with E-state index in [1.54, 1.807) is 31.2 Å². The van der Waals surface area contributed by atoms with Crippen molar-refractivity contribution in [2.24, 2.45) is 5.92 Å².